The molecule has 2 N–H and O–H groups in total. The smallest absolute Gasteiger partial charge is 0.249 e. The van der Waals surface area contributed by atoms with Crippen molar-refractivity contribution in [2.75, 3.05) is 5.73 Å². The number of hydrogen-bond acceptors (Lipinski definition) is 2. The maximum absolute atomic E-state index is 12.9. The minimum atomic E-state index is -2.51. The SMILES string of the molecule is CCC(C)c1c(C2CC(F)(F)C2)nn(C)c1N. The fourth-order valence-electron chi connectivity index (χ4n) is 2.44. The zero-order valence-electron chi connectivity index (χ0n) is 10.5. The van der Waals surface area contributed by atoms with E-state index in [-0.39, 0.29) is 24.7 Å². The van der Waals surface area contributed by atoms with Crippen molar-refractivity contribution < 1.29 is 8.78 Å². The van der Waals surface area contributed by atoms with Gasteiger partial charge in [0.15, 0.2) is 0 Å². The number of alkyl halides is 2. The van der Waals surface area contributed by atoms with E-state index < -0.39 is 5.92 Å². The largest absolute Gasteiger partial charge is 0.384 e. The molecule has 1 aliphatic rings. The summed E-state index contributed by atoms with van der Waals surface area (Å²) >= 11 is 0. The van der Waals surface area contributed by atoms with Crippen molar-refractivity contribution in [3.05, 3.63) is 11.3 Å². The maximum Gasteiger partial charge on any atom is 0.249 e. The first kappa shape index (κ1) is 12.3. The summed E-state index contributed by atoms with van der Waals surface area (Å²) in [7, 11) is 1.77. The highest BCUT2D eigenvalue weighted by atomic mass is 19.3. The number of nitrogens with two attached hydrogens (primary N) is 1. The van der Waals surface area contributed by atoms with Gasteiger partial charge in [-0.05, 0) is 12.3 Å². The lowest BCUT2D eigenvalue weighted by Gasteiger charge is -2.34. The standard InChI is InChI=1S/C12H19F2N3/c1-4-7(2)9-10(16-17(3)11(9)15)8-5-12(13,14)6-8/h7-8H,4-6,15H2,1-3H3. The van der Waals surface area contributed by atoms with Crippen molar-refractivity contribution in [1.82, 2.24) is 9.78 Å². The van der Waals surface area contributed by atoms with Gasteiger partial charge in [0.2, 0.25) is 5.92 Å². The molecule has 1 aromatic heterocycles. The minimum Gasteiger partial charge on any atom is -0.384 e. The first-order valence-corrected chi connectivity index (χ1v) is 6.05. The molecule has 17 heavy (non-hydrogen) atoms. The summed E-state index contributed by atoms with van der Waals surface area (Å²) in [6.45, 7) is 4.13. The van der Waals surface area contributed by atoms with E-state index in [9.17, 15) is 8.78 Å². The van der Waals surface area contributed by atoms with Gasteiger partial charge in [-0.1, -0.05) is 13.8 Å². The highest BCUT2D eigenvalue weighted by Gasteiger charge is 2.48. The summed E-state index contributed by atoms with van der Waals surface area (Å²) < 4.78 is 27.5. The van der Waals surface area contributed by atoms with Crippen LogP contribution in [0.15, 0.2) is 0 Å². The summed E-state index contributed by atoms with van der Waals surface area (Å²) in [6.07, 6.45) is 0.756. The molecule has 0 spiro atoms. The Kier molecular flexibility index (Phi) is 2.87. The van der Waals surface area contributed by atoms with Crippen LogP contribution in [0.2, 0.25) is 0 Å². The molecule has 2 rings (SSSR count). The van der Waals surface area contributed by atoms with E-state index in [1.807, 2.05) is 0 Å². The van der Waals surface area contributed by atoms with Gasteiger partial charge in [-0.3, -0.25) is 4.68 Å². The van der Waals surface area contributed by atoms with Crippen LogP contribution in [0.5, 0.6) is 0 Å². The molecular formula is C12H19F2N3. The van der Waals surface area contributed by atoms with Crippen LogP contribution < -0.4 is 5.73 Å². The lowest BCUT2D eigenvalue weighted by Crippen LogP contribution is -2.34. The summed E-state index contributed by atoms with van der Waals surface area (Å²) in [5, 5.41) is 4.33. The number of anilines is 1. The average Bonchev–Trinajstić information content (AvgIpc) is 2.51. The number of aryl methyl sites for hydroxylation is 1. The Morgan fingerprint density at radius 3 is 2.59 bits per heavy atom. The van der Waals surface area contributed by atoms with Crippen LogP contribution in [0, 0.1) is 0 Å². The van der Waals surface area contributed by atoms with E-state index in [4.69, 9.17) is 5.73 Å². The Bertz CT molecular complexity index is 418. The Balaban J connectivity index is 2.31. The van der Waals surface area contributed by atoms with Crippen LogP contribution in [0.4, 0.5) is 14.6 Å². The molecule has 0 radical (unpaired) electrons. The Labute approximate surface area is 100.0 Å². The molecule has 1 aliphatic carbocycles. The number of nitrogen functional groups attached to an aromatic ring is 1. The molecule has 5 heteroatoms. The molecule has 96 valence electrons. The third-order valence-electron chi connectivity index (χ3n) is 3.74. The highest BCUT2D eigenvalue weighted by molar-refractivity contribution is 5.47. The van der Waals surface area contributed by atoms with E-state index >= 15 is 0 Å². The van der Waals surface area contributed by atoms with Crippen molar-refractivity contribution in [2.24, 2.45) is 7.05 Å². The molecule has 1 unspecified atom stereocenters. The molecule has 0 aliphatic heterocycles. The zero-order chi connectivity index (χ0) is 12.8. The summed E-state index contributed by atoms with van der Waals surface area (Å²) in [6, 6.07) is 0. The fraction of sp³-hybridized carbons (Fsp3) is 0.750. The fourth-order valence-corrected chi connectivity index (χ4v) is 2.44. The second kappa shape index (κ2) is 3.96. The molecule has 1 aromatic rings. The van der Waals surface area contributed by atoms with Crippen LogP contribution in [0.1, 0.15) is 56.2 Å². The van der Waals surface area contributed by atoms with Crippen molar-refractivity contribution in [3.63, 3.8) is 0 Å². The van der Waals surface area contributed by atoms with E-state index in [1.54, 1.807) is 11.7 Å². The molecule has 1 saturated carbocycles. The third kappa shape index (κ3) is 2.03. The molecular weight excluding hydrogens is 224 g/mol. The van der Waals surface area contributed by atoms with Gasteiger partial charge in [0.25, 0.3) is 0 Å². The molecule has 0 aromatic carbocycles. The molecule has 0 saturated heterocycles. The van der Waals surface area contributed by atoms with Gasteiger partial charge in [0.1, 0.15) is 5.82 Å². The summed E-state index contributed by atoms with van der Waals surface area (Å²) in [5.41, 5.74) is 7.73. The monoisotopic (exact) mass is 243 g/mol. The van der Waals surface area contributed by atoms with E-state index in [0.29, 0.717) is 5.82 Å². The Morgan fingerprint density at radius 2 is 2.12 bits per heavy atom. The van der Waals surface area contributed by atoms with Gasteiger partial charge in [0.05, 0.1) is 5.69 Å². The number of aromatic nitrogens is 2. The molecule has 1 fully saturated rings. The quantitative estimate of drug-likeness (QED) is 0.886. The Hall–Kier alpha value is -1.13. The number of hydrogen-bond donors (Lipinski definition) is 1. The van der Waals surface area contributed by atoms with Crippen molar-refractivity contribution >= 4 is 5.82 Å². The van der Waals surface area contributed by atoms with Gasteiger partial charge in [-0.15, -0.1) is 0 Å². The van der Waals surface area contributed by atoms with Crippen LogP contribution in [0.3, 0.4) is 0 Å². The first-order valence-electron chi connectivity index (χ1n) is 6.05. The summed E-state index contributed by atoms with van der Waals surface area (Å²) in [4.78, 5) is 0. The van der Waals surface area contributed by atoms with Crippen LogP contribution in [0.25, 0.3) is 0 Å². The van der Waals surface area contributed by atoms with Crippen LogP contribution in [-0.2, 0) is 7.05 Å². The van der Waals surface area contributed by atoms with Crippen LogP contribution >= 0.6 is 0 Å². The summed E-state index contributed by atoms with van der Waals surface area (Å²) in [5.74, 6) is -1.75. The van der Waals surface area contributed by atoms with E-state index in [1.165, 1.54) is 0 Å². The van der Waals surface area contributed by atoms with Gasteiger partial charge in [0, 0.05) is 31.4 Å². The van der Waals surface area contributed by atoms with Gasteiger partial charge >= 0.3 is 0 Å². The van der Waals surface area contributed by atoms with Crippen LogP contribution in [-0.4, -0.2) is 15.7 Å². The van der Waals surface area contributed by atoms with E-state index in [0.717, 1.165) is 17.7 Å². The van der Waals surface area contributed by atoms with Crippen molar-refractivity contribution in [2.45, 2.75) is 50.9 Å². The van der Waals surface area contributed by atoms with E-state index in [2.05, 4.69) is 18.9 Å². The first-order chi connectivity index (χ1) is 7.85. The minimum absolute atomic E-state index is 0.0904. The normalized spacial score (nSPS) is 21.2. The lowest BCUT2D eigenvalue weighted by atomic mass is 9.76. The average molecular weight is 243 g/mol. The number of halogens is 2. The molecule has 1 heterocycles. The predicted octanol–water partition coefficient (Wildman–Crippen LogP) is 3.03. The number of nitrogens with zero attached hydrogens (tertiary/aromatic N) is 2. The topological polar surface area (TPSA) is 43.8 Å². The molecule has 3 nitrogen and oxygen atoms in total. The van der Waals surface area contributed by atoms with Gasteiger partial charge < -0.3 is 5.73 Å². The second-order valence-electron chi connectivity index (χ2n) is 5.08. The predicted molar refractivity (Wildman–Crippen MR) is 63.2 cm³/mol. The van der Waals surface area contributed by atoms with Gasteiger partial charge in [-0.25, -0.2) is 8.78 Å². The Morgan fingerprint density at radius 1 is 1.53 bits per heavy atom. The van der Waals surface area contributed by atoms with Crippen molar-refractivity contribution in [3.8, 4) is 0 Å². The van der Waals surface area contributed by atoms with Crippen molar-refractivity contribution in [1.29, 1.82) is 0 Å². The molecule has 1 atom stereocenters. The lowest BCUT2D eigenvalue weighted by molar-refractivity contribution is -0.0878. The third-order valence-corrected chi connectivity index (χ3v) is 3.74. The second-order valence-corrected chi connectivity index (χ2v) is 5.08. The number of rotatable bonds is 3. The zero-order valence-corrected chi connectivity index (χ0v) is 10.5. The highest BCUT2D eigenvalue weighted by Crippen LogP contribution is 2.50. The maximum atomic E-state index is 12.9. The molecule has 0 amide bonds. The van der Waals surface area contributed by atoms with Gasteiger partial charge in [-0.2, -0.15) is 5.10 Å². The molecule has 0 bridgehead atoms.